The minimum Gasteiger partial charge on any atom is -0.496 e. The lowest BCUT2D eigenvalue weighted by Gasteiger charge is -2.23. The van der Waals surface area contributed by atoms with Crippen LogP contribution in [0.2, 0.25) is 0 Å². The number of hydrogen-bond donors (Lipinski definition) is 0. The molecule has 0 bridgehead atoms. The van der Waals surface area contributed by atoms with Crippen molar-refractivity contribution in [3.63, 3.8) is 0 Å². The van der Waals surface area contributed by atoms with E-state index in [1.807, 2.05) is 4.90 Å². The summed E-state index contributed by atoms with van der Waals surface area (Å²) in [6, 6.07) is 4.87. The predicted molar refractivity (Wildman–Crippen MR) is 90.6 cm³/mol. The number of sulfonamides is 1. The van der Waals surface area contributed by atoms with E-state index < -0.39 is 10.0 Å². The Morgan fingerprint density at radius 3 is 2.30 bits per heavy atom. The third-order valence-corrected chi connectivity index (χ3v) is 5.37. The van der Waals surface area contributed by atoms with E-state index in [4.69, 9.17) is 4.74 Å². The van der Waals surface area contributed by atoms with Crippen LogP contribution < -0.4 is 9.04 Å². The molecule has 1 aliphatic heterocycles. The monoisotopic (exact) mass is 340 g/mol. The van der Waals surface area contributed by atoms with Gasteiger partial charge in [0, 0.05) is 20.1 Å². The van der Waals surface area contributed by atoms with Crippen molar-refractivity contribution in [2.24, 2.45) is 0 Å². The maximum absolute atomic E-state index is 12.8. The highest BCUT2D eigenvalue weighted by Gasteiger charge is 2.23. The number of nitrogens with zero attached hydrogens (tertiary/aromatic N) is 2. The lowest BCUT2D eigenvalue weighted by Crippen LogP contribution is -2.32. The van der Waals surface area contributed by atoms with E-state index in [0.29, 0.717) is 17.0 Å². The van der Waals surface area contributed by atoms with Crippen molar-refractivity contribution in [2.45, 2.75) is 25.7 Å². The molecule has 1 amide bonds. The fourth-order valence-corrected chi connectivity index (χ4v) is 3.19. The summed E-state index contributed by atoms with van der Waals surface area (Å²) in [4.78, 5) is 14.7. The number of carbonyl (C=O) groups excluding carboxylic acids is 1. The molecule has 0 spiro atoms. The second-order valence-corrected chi connectivity index (χ2v) is 7.84. The summed E-state index contributed by atoms with van der Waals surface area (Å²) >= 11 is 0. The lowest BCUT2D eigenvalue weighted by molar-refractivity contribution is 0.0758. The standard InChI is InChI=1S/C16H24N2O4S/c1-17(23(3,20)21)13-8-9-15(22-2)14(12-13)16(19)18-10-6-4-5-7-11-18/h8-9,12H,4-7,10-11H2,1-3H3. The van der Waals surface area contributed by atoms with E-state index in [-0.39, 0.29) is 5.91 Å². The summed E-state index contributed by atoms with van der Waals surface area (Å²) in [5, 5.41) is 0. The number of methoxy groups -OCH3 is 1. The highest BCUT2D eigenvalue weighted by atomic mass is 32.2. The predicted octanol–water partition coefficient (Wildman–Crippen LogP) is 2.11. The molecule has 1 aliphatic rings. The number of ether oxygens (including phenoxy) is 1. The summed E-state index contributed by atoms with van der Waals surface area (Å²) < 4.78 is 29.9. The first-order chi connectivity index (χ1) is 10.8. The number of amides is 1. The average molecular weight is 340 g/mol. The fraction of sp³-hybridized carbons (Fsp3) is 0.562. The van der Waals surface area contributed by atoms with Gasteiger partial charge in [-0.1, -0.05) is 12.8 Å². The molecule has 7 heteroatoms. The zero-order valence-electron chi connectivity index (χ0n) is 13.9. The number of benzene rings is 1. The van der Waals surface area contributed by atoms with Gasteiger partial charge in [0.25, 0.3) is 5.91 Å². The highest BCUT2D eigenvalue weighted by Crippen LogP contribution is 2.27. The van der Waals surface area contributed by atoms with Gasteiger partial charge in [0.2, 0.25) is 10.0 Å². The minimum atomic E-state index is -3.38. The van der Waals surface area contributed by atoms with Gasteiger partial charge in [-0.25, -0.2) is 8.42 Å². The van der Waals surface area contributed by atoms with Crippen molar-refractivity contribution in [1.82, 2.24) is 4.90 Å². The van der Waals surface area contributed by atoms with Gasteiger partial charge in [-0.15, -0.1) is 0 Å². The molecular formula is C16H24N2O4S. The van der Waals surface area contributed by atoms with Gasteiger partial charge < -0.3 is 9.64 Å². The van der Waals surface area contributed by atoms with Crippen LogP contribution in [0.25, 0.3) is 0 Å². The van der Waals surface area contributed by atoms with E-state index in [1.54, 1.807) is 18.2 Å². The number of likely N-dealkylation sites (tertiary alicyclic amines) is 1. The normalized spacial score (nSPS) is 15.9. The molecule has 0 aliphatic carbocycles. The van der Waals surface area contributed by atoms with Crippen LogP contribution in [0.5, 0.6) is 5.75 Å². The molecular weight excluding hydrogens is 316 g/mol. The van der Waals surface area contributed by atoms with Gasteiger partial charge in [-0.05, 0) is 31.0 Å². The topological polar surface area (TPSA) is 66.9 Å². The molecule has 23 heavy (non-hydrogen) atoms. The molecule has 0 unspecified atom stereocenters. The summed E-state index contributed by atoms with van der Waals surface area (Å²) in [6.45, 7) is 1.46. The molecule has 1 heterocycles. The van der Waals surface area contributed by atoms with Crippen molar-refractivity contribution < 1.29 is 17.9 Å². The summed E-state index contributed by atoms with van der Waals surface area (Å²) in [6.07, 6.45) is 5.40. The molecule has 128 valence electrons. The van der Waals surface area contributed by atoms with Gasteiger partial charge in [0.1, 0.15) is 5.75 Å². The Bertz CT molecular complexity index is 665. The second kappa shape index (κ2) is 7.21. The van der Waals surface area contributed by atoms with Crippen LogP contribution in [0.4, 0.5) is 5.69 Å². The summed E-state index contributed by atoms with van der Waals surface area (Å²) in [7, 11) is -0.403. The Morgan fingerprint density at radius 2 is 1.78 bits per heavy atom. The van der Waals surface area contributed by atoms with E-state index in [2.05, 4.69) is 0 Å². The van der Waals surface area contributed by atoms with Gasteiger partial charge in [-0.3, -0.25) is 9.10 Å². The fourth-order valence-electron chi connectivity index (χ4n) is 2.69. The molecule has 6 nitrogen and oxygen atoms in total. The Balaban J connectivity index is 2.37. The molecule has 0 radical (unpaired) electrons. The van der Waals surface area contributed by atoms with Gasteiger partial charge in [-0.2, -0.15) is 0 Å². The smallest absolute Gasteiger partial charge is 0.257 e. The number of carbonyl (C=O) groups is 1. The summed E-state index contributed by atoms with van der Waals surface area (Å²) in [5.41, 5.74) is 0.855. The minimum absolute atomic E-state index is 0.104. The van der Waals surface area contributed by atoms with Crippen molar-refractivity contribution in [3.05, 3.63) is 23.8 Å². The zero-order chi connectivity index (χ0) is 17.0. The van der Waals surface area contributed by atoms with Crippen LogP contribution in [-0.2, 0) is 10.0 Å². The van der Waals surface area contributed by atoms with Crippen LogP contribution >= 0.6 is 0 Å². The molecule has 2 rings (SSSR count). The van der Waals surface area contributed by atoms with Crippen molar-refractivity contribution in [2.75, 3.05) is 37.8 Å². The van der Waals surface area contributed by atoms with Crippen molar-refractivity contribution >= 4 is 21.6 Å². The Hall–Kier alpha value is -1.76. The van der Waals surface area contributed by atoms with Crippen LogP contribution in [0.1, 0.15) is 36.0 Å². The highest BCUT2D eigenvalue weighted by molar-refractivity contribution is 7.92. The third kappa shape index (κ3) is 4.16. The van der Waals surface area contributed by atoms with Crippen LogP contribution in [-0.4, -0.2) is 52.7 Å². The quantitative estimate of drug-likeness (QED) is 0.842. The maximum Gasteiger partial charge on any atom is 0.257 e. The molecule has 0 saturated carbocycles. The first-order valence-electron chi connectivity index (χ1n) is 7.76. The zero-order valence-corrected chi connectivity index (χ0v) is 14.7. The molecule has 0 atom stereocenters. The van der Waals surface area contributed by atoms with Crippen LogP contribution in [0.3, 0.4) is 0 Å². The van der Waals surface area contributed by atoms with E-state index >= 15 is 0 Å². The summed E-state index contributed by atoms with van der Waals surface area (Å²) in [5.74, 6) is 0.359. The largest absolute Gasteiger partial charge is 0.496 e. The van der Waals surface area contributed by atoms with Gasteiger partial charge >= 0.3 is 0 Å². The lowest BCUT2D eigenvalue weighted by atomic mass is 10.1. The van der Waals surface area contributed by atoms with E-state index in [0.717, 1.165) is 49.3 Å². The average Bonchev–Trinajstić information content (AvgIpc) is 2.81. The number of hydrogen-bond acceptors (Lipinski definition) is 4. The van der Waals surface area contributed by atoms with E-state index in [9.17, 15) is 13.2 Å². The molecule has 0 N–H and O–H groups in total. The van der Waals surface area contributed by atoms with Crippen molar-refractivity contribution in [1.29, 1.82) is 0 Å². The van der Waals surface area contributed by atoms with Gasteiger partial charge in [0.15, 0.2) is 0 Å². The Morgan fingerprint density at radius 1 is 1.17 bits per heavy atom. The SMILES string of the molecule is COc1ccc(N(C)S(C)(=O)=O)cc1C(=O)N1CCCCCC1. The van der Waals surface area contributed by atoms with Gasteiger partial charge in [0.05, 0.1) is 24.6 Å². The molecule has 1 saturated heterocycles. The van der Waals surface area contributed by atoms with Crippen LogP contribution in [0, 0.1) is 0 Å². The molecule has 1 aromatic carbocycles. The van der Waals surface area contributed by atoms with Crippen LogP contribution in [0.15, 0.2) is 18.2 Å². The number of anilines is 1. The Labute approximate surface area is 138 Å². The third-order valence-electron chi connectivity index (χ3n) is 4.17. The Kier molecular flexibility index (Phi) is 5.51. The van der Waals surface area contributed by atoms with E-state index in [1.165, 1.54) is 14.2 Å². The molecule has 1 fully saturated rings. The number of rotatable bonds is 4. The maximum atomic E-state index is 12.8. The molecule has 0 aromatic heterocycles. The van der Waals surface area contributed by atoms with Crippen molar-refractivity contribution in [3.8, 4) is 5.75 Å². The first kappa shape index (κ1) is 17.6. The first-order valence-corrected chi connectivity index (χ1v) is 9.60. The molecule has 1 aromatic rings. The second-order valence-electron chi connectivity index (χ2n) is 5.82.